The number of hydrazine groups is 1. The van der Waals surface area contributed by atoms with E-state index in [1.807, 2.05) is 60.7 Å². The van der Waals surface area contributed by atoms with Crippen molar-refractivity contribution in [2.45, 2.75) is 19.4 Å². The third-order valence-corrected chi connectivity index (χ3v) is 6.81. The van der Waals surface area contributed by atoms with Crippen molar-refractivity contribution in [3.05, 3.63) is 83.9 Å². The number of anilines is 2. The molecule has 3 N–H and O–H groups in total. The fourth-order valence-electron chi connectivity index (χ4n) is 4.71. The molecule has 4 aromatic carbocycles. The molecule has 0 bridgehead atoms. The Kier molecular flexibility index (Phi) is 6.65. The van der Waals surface area contributed by atoms with Crippen LogP contribution in [0.1, 0.15) is 29.8 Å². The van der Waals surface area contributed by atoms with Crippen molar-refractivity contribution >= 4 is 34.0 Å². The van der Waals surface area contributed by atoms with Gasteiger partial charge in [-0.15, -0.1) is 0 Å². The van der Waals surface area contributed by atoms with Gasteiger partial charge >= 0.3 is 5.97 Å². The Bertz CT molecular complexity index is 1530. The van der Waals surface area contributed by atoms with Gasteiger partial charge in [-0.2, -0.15) is 0 Å². The molecular weight excluding hydrogens is 482 g/mol. The predicted octanol–water partition coefficient (Wildman–Crippen LogP) is 5.48. The third kappa shape index (κ3) is 4.39. The van der Waals surface area contributed by atoms with Crippen molar-refractivity contribution in [3.8, 4) is 22.6 Å². The maximum atomic E-state index is 13.2. The van der Waals surface area contributed by atoms with Gasteiger partial charge in [0.2, 0.25) is 0 Å². The number of hydrogen-bond acceptors (Lipinski definition) is 7. The summed E-state index contributed by atoms with van der Waals surface area (Å²) in [5, 5.41) is 4.56. The Morgan fingerprint density at radius 3 is 2.34 bits per heavy atom. The van der Waals surface area contributed by atoms with E-state index in [9.17, 15) is 9.59 Å². The van der Waals surface area contributed by atoms with Crippen LogP contribution in [-0.4, -0.2) is 32.7 Å². The maximum Gasteiger partial charge on any atom is 0.332 e. The molecule has 1 amide bonds. The van der Waals surface area contributed by atoms with Gasteiger partial charge in [0.25, 0.3) is 5.91 Å². The van der Waals surface area contributed by atoms with Gasteiger partial charge in [-0.1, -0.05) is 24.3 Å². The van der Waals surface area contributed by atoms with Crippen LogP contribution in [0.2, 0.25) is 0 Å². The Morgan fingerprint density at radius 1 is 0.868 bits per heavy atom. The van der Waals surface area contributed by atoms with Crippen molar-refractivity contribution in [3.63, 3.8) is 0 Å². The monoisotopic (exact) mass is 511 g/mol. The fourth-order valence-corrected chi connectivity index (χ4v) is 4.71. The summed E-state index contributed by atoms with van der Waals surface area (Å²) in [7, 11) is 3.20. The van der Waals surface area contributed by atoms with Gasteiger partial charge in [0.1, 0.15) is 11.5 Å². The second-order valence-electron chi connectivity index (χ2n) is 9.11. The van der Waals surface area contributed by atoms with E-state index in [2.05, 4.69) is 16.2 Å². The Morgan fingerprint density at radius 2 is 1.63 bits per heavy atom. The van der Waals surface area contributed by atoms with E-state index in [0.717, 1.165) is 33.2 Å². The molecule has 0 radical (unpaired) electrons. The number of carbonyl (C=O) groups is 2. The van der Waals surface area contributed by atoms with Crippen molar-refractivity contribution in [2.24, 2.45) is 0 Å². The molecule has 1 heterocycles. The normalized spacial score (nSPS) is 15.9. The molecule has 8 nitrogen and oxygen atoms in total. The number of carbonyl (C=O) groups excluding carboxylic acids is 2. The molecule has 1 aliphatic rings. The van der Waals surface area contributed by atoms with Gasteiger partial charge in [-0.25, -0.2) is 10.2 Å². The van der Waals surface area contributed by atoms with Crippen LogP contribution in [0.15, 0.2) is 72.8 Å². The number of rotatable bonds is 7. The summed E-state index contributed by atoms with van der Waals surface area (Å²) in [5.41, 5.74) is 9.97. The molecule has 8 heteroatoms. The highest BCUT2D eigenvalue weighted by molar-refractivity contribution is 6.14. The van der Waals surface area contributed by atoms with Crippen LogP contribution < -0.4 is 25.6 Å². The molecule has 0 saturated carbocycles. The van der Waals surface area contributed by atoms with Crippen LogP contribution in [0.3, 0.4) is 0 Å². The average molecular weight is 512 g/mol. The molecule has 194 valence electrons. The summed E-state index contributed by atoms with van der Waals surface area (Å²) >= 11 is 0. The summed E-state index contributed by atoms with van der Waals surface area (Å²) < 4.78 is 16.1. The topological polar surface area (TPSA) is 97.9 Å². The minimum absolute atomic E-state index is 0.232. The van der Waals surface area contributed by atoms with E-state index in [1.54, 1.807) is 40.2 Å². The summed E-state index contributed by atoms with van der Waals surface area (Å²) in [6.07, 6.45) is 0. The number of ether oxygens (including phenoxy) is 3. The number of benzene rings is 4. The molecule has 1 atom stereocenters. The van der Waals surface area contributed by atoms with E-state index in [4.69, 9.17) is 14.2 Å². The zero-order chi connectivity index (χ0) is 26.9. The fraction of sp³-hybridized carbons (Fsp3) is 0.200. The first kappa shape index (κ1) is 25.1. The quantitative estimate of drug-likeness (QED) is 0.283. The molecule has 38 heavy (non-hydrogen) atoms. The van der Waals surface area contributed by atoms with Gasteiger partial charge in [0.05, 0.1) is 26.5 Å². The summed E-state index contributed by atoms with van der Waals surface area (Å²) in [4.78, 5) is 25.7. The van der Waals surface area contributed by atoms with E-state index in [0.29, 0.717) is 29.4 Å². The molecular formula is C30H29N3O5. The van der Waals surface area contributed by atoms with Crippen molar-refractivity contribution < 1.29 is 23.8 Å². The van der Waals surface area contributed by atoms with Crippen LogP contribution in [0.5, 0.6) is 11.5 Å². The number of methoxy groups -OCH3 is 2. The lowest BCUT2D eigenvalue weighted by Gasteiger charge is -2.22. The van der Waals surface area contributed by atoms with Crippen LogP contribution in [0, 0.1) is 0 Å². The number of esters is 1. The second kappa shape index (κ2) is 10.1. The lowest BCUT2D eigenvalue weighted by Crippen LogP contribution is -2.45. The van der Waals surface area contributed by atoms with Gasteiger partial charge in [0, 0.05) is 27.6 Å². The molecule has 0 fully saturated rings. The molecule has 5 rings (SSSR count). The predicted molar refractivity (Wildman–Crippen MR) is 148 cm³/mol. The zero-order valence-corrected chi connectivity index (χ0v) is 21.7. The Balaban J connectivity index is 1.37. The van der Waals surface area contributed by atoms with E-state index < -0.39 is 5.54 Å². The maximum absolute atomic E-state index is 13.2. The summed E-state index contributed by atoms with van der Waals surface area (Å²) in [6.45, 7) is 3.90. The van der Waals surface area contributed by atoms with Crippen LogP contribution in [0.4, 0.5) is 11.4 Å². The van der Waals surface area contributed by atoms with Gasteiger partial charge in [0.15, 0.2) is 5.54 Å². The van der Waals surface area contributed by atoms with E-state index in [1.165, 1.54) is 0 Å². The SMILES string of the molecule is CCOC(=O)C1(C)NNc2cc(-c3ccc(NC(=O)c4ccc(OC)c5ccc(OC)cc45)cc3)ccc21. The molecule has 0 saturated heterocycles. The lowest BCUT2D eigenvalue weighted by atomic mass is 9.91. The third-order valence-electron chi connectivity index (χ3n) is 6.81. The van der Waals surface area contributed by atoms with E-state index >= 15 is 0 Å². The Hall–Kier alpha value is -4.56. The standard InChI is InChI=1S/C30H29N3O5/c1-5-38-29(35)30(2)25-14-8-19(16-26(25)32-33-30)18-6-9-20(10-7-18)31-28(34)23-13-15-27(37-4)22-12-11-21(36-3)17-24(22)23/h6-17,32-33H,5H2,1-4H3,(H,31,34). The molecule has 0 spiro atoms. The van der Waals surface area contributed by atoms with Crippen molar-refractivity contribution in [2.75, 3.05) is 31.6 Å². The number of fused-ring (bicyclic) bond motifs is 2. The van der Waals surface area contributed by atoms with Gasteiger partial charge < -0.3 is 25.0 Å². The minimum Gasteiger partial charge on any atom is -0.497 e. The molecule has 1 unspecified atom stereocenters. The van der Waals surface area contributed by atoms with Gasteiger partial charge in [-0.05, 0) is 73.5 Å². The van der Waals surface area contributed by atoms with E-state index in [-0.39, 0.29) is 11.9 Å². The van der Waals surface area contributed by atoms with Crippen LogP contribution in [0.25, 0.3) is 21.9 Å². The summed E-state index contributed by atoms with van der Waals surface area (Å²) in [5.74, 6) is 0.780. The highest BCUT2D eigenvalue weighted by Crippen LogP contribution is 2.37. The lowest BCUT2D eigenvalue weighted by molar-refractivity contribution is -0.150. The molecule has 1 aliphatic heterocycles. The van der Waals surface area contributed by atoms with Crippen LogP contribution in [-0.2, 0) is 15.1 Å². The van der Waals surface area contributed by atoms with Crippen molar-refractivity contribution in [1.82, 2.24) is 5.43 Å². The minimum atomic E-state index is -0.951. The number of nitrogens with one attached hydrogen (secondary N) is 3. The molecule has 0 aliphatic carbocycles. The smallest absolute Gasteiger partial charge is 0.332 e. The number of hydrogen-bond donors (Lipinski definition) is 3. The largest absolute Gasteiger partial charge is 0.497 e. The first-order valence-electron chi connectivity index (χ1n) is 12.3. The first-order valence-corrected chi connectivity index (χ1v) is 12.3. The van der Waals surface area contributed by atoms with Crippen LogP contribution >= 0.6 is 0 Å². The Labute approximate surface area is 220 Å². The second-order valence-corrected chi connectivity index (χ2v) is 9.11. The average Bonchev–Trinajstić information content (AvgIpc) is 3.29. The highest BCUT2D eigenvalue weighted by Gasteiger charge is 2.42. The zero-order valence-electron chi connectivity index (χ0n) is 21.7. The molecule has 4 aromatic rings. The summed E-state index contributed by atoms with van der Waals surface area (Å²) in [6, 6.07) is 22.6. The van der Waals surface area contributed by atoms with Crippen molar-refractivity contribution in [1.29, 1.82) is 0 Å². The first-order chi connectivity index (χ1) is 18.4. The molecule has 0 aromatic heterocycles. The van der Waals surface area contributed by atoms with Gasteiger partial charge in [-0.3, -0.25) is 4.79 Å². The highest BCUT2D eigenvalue weighted by atomic mass is 16.5. The number of amides is 1.